The quantitative estimate of drug-likeness (QED) is 0.838. The fourth-order valence-corrected chi connectivity index (χ4v) is 5.01. The van der Waals surface area contributed by atoms with Crippen molar-refractivity contribution in [1.82, 2.24) is 9.21 Å². The topological polar surface area (TPSA) is 66.6 Å². The summed E-state index contributed by atoms with van der Waals surface area (Å²) in [5.41, 5.74) is 8.31. The van der Waals surface area contributed by atoms with Gasteiger partial charge in [-0.2, -0.15) is 4.31 Å². The van der Waals surface area contributed by atoms with Gasteiger partial charge in [0.15, 0.2) is 0 Å². The van der Waals surface area contributed by atoms with Crippen molar-refractivity contribution >= 4 is 15.7 Å². The first-order valence-corrected chi connectivity index (χ1v) is 8.94. The molecule has 116 valence electrons. The van der Waals surface area contributed by atoms with Gasteiger partial charge >= 0.3 is 0 Å². The minimum absolute atomic E-state index is 0.261. The molecule has 2 N–H and O–H groups in total. The lowest BCUT2D eigenvalue weighted by atomic mass is 10.1. The van der Waals surface area contributed by atoms with E-state index in [1.165, 1.54) is 6.42 Å². The Labute approximate surface area is 126 Å². The van der Waals surface area contributed by atoms with E-state index in [2.05, 4.69) is 4.90 Å². The standard InChI is InChI=1S/C15H23N3O2S/c1-11-8-14(16)15(9-12(11)2)21(19,20)18-7-6-17-5-3-4-13(17)10-18/h8-9,13H,3-7,10,16H2,1-2H3. The van der Waals surface area contributed by atoms with Gasteiger partial charge in [0.05, 0.1) is 5.69 Å². The van der Waals surface area contributed by atoms with Gasteiger partial charge in [-0.25, -0.2) is 8.42 Å². The van der Waals surface area contributed by atoms with Crippen LogP contribution in [-0.4, -0.2) is 49.8 Å². The molecule has 3 rings (SSSR count). The molecule has 2 aliphatic rings. The predicted molar refractivity (Wildman–Crippen MR) is 83.7 cm³/mol. The second-order valence-electron chi connectivity index (χ2n) is 6.17. The van der Waals surface area contributed by atoms with E-state index >= 15 is 0 Å². The SMILES string of the molecule is Cc1cc(N)c(S(=O)(=O)N2CCN3CCCC3C2)cc1C. The summed E-state index contributed by atoms with van der Waals surface area (Å²) in [5, 5.41) is 0. The zero-order valence-corrected chi connectivity index (χ0v) is 13.5. The fourth-order valence-electron chi connectivity index (χ4n) is 3.36. The van der Waals surface area contributed by atoms with Crippen molar-refractivity contribution < 1.29 is 8.42 Å². The Morgan fingerprint density at radius 1 is 1.14 bits per heavy atom. The minimum Gasteiger partial charge on any atom is -0.398 e. The lowest BCUT2D eigenvalue weighted by Crippen LogP contribution is -2.51. The number of sulfonamides is 1. The van der Waals surface area contributed by atoms with Gasteiger partial charge in [0.25, 0.3) is 0 Å². The summed E-state index contributed by atoms with van der Waals surface area (Å²) in [6.45, 7) is 6.95. The molecule has 1 aromatic carbocycles. The van der Waals surface area contributed by atoms with E-state index in [0.29, 0.717) is 24.8 Å². The number of rotatable bonds is 2. The summed E-state index contributed by atoms with van der Waals surface area (Å²) >= 11 is 0. The Bertz CT molecular complexity index is 657. The Morgan fingerprint density at radius 2 is 1.86 bits per heavy atom. The molecule has 0 aliphatic carbocycles. The first-order valence-electron chi connectivity index (χ1n) is 7.50. The molecular weight excluding hydrogens is 286 g/mol. The molecule has 0 aromatic heterocycles. The van der Waals surface area contributed by atoms with Crippen LogP contribution < -0.4 is 5.73 Å². The molecule has 6 heteroatoms. The highest BCUT2D eigenvalue weighted by Gasteiger charge is 2.36. The monoisotopic (exact) mass is 309 g/mol. The van der Waals surface area contributed by atoms with Crippen molar-refractivity contribution in [3.63, 3.8) is 0 Å². The predicted octanol–water partition coefficient (Wildman–Crippen LogP) is 1.35. The molecule has 1 atom stereocenters. The van der Waals surface area contributed by atoms with Crippen LogP contribution in [0.4, 0.5) is 5.69 Å². The van der Waals surface area contributed by atoms with Gasteiger partial charge in [0, 0.05) is 25.7 Å². The second-order valence-corrected chi connectivity index (χ2v) is 8.08. The third-order valence-corrected chi connectivity index (χ3v) is 6.71. The normalized spacial score (nSPS) is 24.2. The number of piperazine rings is 1. The molecule has 21 heavy (non-hydrogen) atoms. The van der Waals surface area contributed by atoms with Crippen molar-refractivity contribution in [2.45, 2.75) is 37.6 Å². The van der Waals surface area contributed by atoms with Gasteiger partial charge in [-0.1, -0.05) is 0 Å². The fraction of sp³-hybridized carbons (Fsp3) is 0.600. The van der Waals surface area contributed by atoms with E-state index in [1.54, 1.807) is 16.4 Å². The molecule has 2 fully saturated rings. The minimum atomic E-state index is -3.49. The number of benzene rings is 1. The van der Waals surface area contributed by atoms with Crippen LogP contribution in [0.15, 0.2) is 17.0 Å². The molecule has 2 heterocycles. The summed E-state index contributed by atoms with van der Waals surface area (Å²) in [7, 11) is -3.49. The van der Waals surface area contributed by atoms with Crippen LogP contribution in [0.5, 0.6) is 0 Å². The lowest BCUT2D eigenvalue weighted by molar-refractivity contribution is 0.158. The molecule has 5 nitrogen and oxygen atoms in total. The van der Waals surface area contributed by atoms with Crippen LogP contribution in [-0.2, 0) is 10.0 Å². The molecule has 0 amide bonds. The highest BCUT2D eigenvalue weighted by Crippen LogP contribution is 2.29. The van der Waals surface area contributed by atoms with Gasteiger partial charge in [-0.05, 0) is 56.5 Å². The van der Waals surface area contributed by atoms with Crippen molar-refractivity contribution in [3.05, 3.63) is 23.3 Å². The van der Waals surface area contributed by atoms with Gasteiger partial charge in [-0.15, -0.1) is 0 Å². The van der Waals surface area contributed by atoms with Crippen LogP contribution in [0.25, 0.3) is 0 Å². The number of anilines is 1. The second kappa shape index (κ2) is 5.26. The lowest BCUT2D eigenvalue weighted by Gasteiger charge is -2.36. The number of hydrogen-bond acceptors (Lipinski definition) is 4. The van der Waals surface area contributed by atoms with E-state index in [-0.39, 0.29) is 4.90 Å². The smallest absolute Gasteiger partial charge is 0.245 e. The largest absolute Gasteiger partial charge is 0.398 e. The number of aryl methyl sites for hydroxylation is 2. The van der Waals surface area contributed by atoms with Crippen LogP contribution in [0.2, 0.25) is 0 Å². The number of nitrogens with two attached hydrogens (primary N) is 1. The van der Waals surface area contributed by atoms with Crippen molar-refractivity contribution in [3.8, 4) is 0 Å². The summed E-state index contributed by atoms with van der Waals surface area (Å²) < 4.78 is 27.4. The molecular formula is C15H23N3O2S. The first-order chi connectivity index (χ1) is 9.89. The zero-order valence-electron chi connectivity index (χ0n) is 12.7. The Balaban J connectivity index is 1.92. The van der Waals surface area contributed by atoms with E-state index in [0.717, 1.165) is 30.6 Å². The van der Waals surface area contributed by atoms with E-state index in [4.69, 9.17) is 5.73 Å². The van der Waals surface area contributed by atoms with E-state index < -0.39 is 10.0 Å². The van der Waals surface area contributed by atoms with Crippen molar-refractivity contribution in [2.75, 3.05) is 31.9 Å². The molecule has 2 aliphatic heterocycles. The maximum atomic E-state index is 12.9. The van der Waals surface area contributed by atoms with Crippen molar-refractivity contribution in [1.29, 1.82) is 0 Å². The molecule has 0 saturated carbocycles. The number of hydrogen-bond donors (Lipinski definition) is 1. The zero-order chi connectivity index (χ0) is 15.2. The molecule has 2 saturated heterocycles. The van der Waals surface area contributed by atoms with E-state index in [1.807, 2.05) is 13.8 Å². The van der Waals surface area contributed by atoms with E-state index in [9.17, 15) is 8.42 Å². The summed E-state index contributed by atoms with van der Waals surface area (Å²) in [6.07, 6.45) is 2.26. The Kier molecular flexibility index (Phi) is 3.71. The number of nitrogen functional groups attached to an aromatic ring is 1. The van der Waals surface area contributed by atoms with Gasteiger partial charge < -0.3 is 5.73 Å². The molecule has 0 radical (unpaired) electrons. The third kappa shape index (κ3) is 2.56. The highest BCUT2D eigenvalue weighted by atomic mass is 32.2. The molecule has 1 aromatic rings. The number of nitrogens with zero attached hydrogens (tertiary/aromatic N) is 2. The summed E-state index contributed by atoms with van der Waals surface area (Å²) in [6, 6.07) is 3.84. The van der Waals surface area contributed by atoms with Crippen LogP contribution >= 0.6 is 0 Å². The van der Waals surface area contributed by atoms with Gasteiger partial charge in [0.1, 0.15) is 4.90 Å². The third-order valence-electron chi connectivity index (χ3n) is 4.79. The average molecular weight is 309 g/mol. The molecule has 0 spiro atoms. The Hall–Kier alpha value is -1.11. The summed E-state index contributed by atoms with van der Waals surface area (Å²) in [5.74, 6) is 0. The molecule has 1 unspecified atom stereocenters. The van der Waals surface area contributed by atoms with Crippen molar-refractivity contribution in [2.24, 2.45) is 0 Å². The van der Waals surface area contributed by atoms with Crippen LogP contribution in [0.3, 0.4) is 0 Å². The highest BCUT2D eigenvalue weighted by molar-refractivity contribution is 7.89. The molecule has 0 bridgehead atoms. The first kappa shape index (κ1) is 14.8. The maximum Gasteiger partial charge on any atom is 0.245 e. The average Bonchev–Trinajstić information content (AvgIpc) is 2.90. The van der Waals surface area contributed by atoms with Gasteiger partial charge in [-0.3, -0.25) is 4.90 Å². The maximum absolute atomic E-state index is 12.9. The summed E-state index contributed by atoms with van der Waals surface area (Å²) in [4.78, 5) is 2.66. The van der Waals surface area contributed by atoms with Gasteiger partial charge in [0.2, 0.25) is 10.0 Å². The Morgan fingerprint density at radius 3 is 2.62 bits per heavy atom. The van der Waals surface area contributed by atoms with Crippen LogP contribution in [0, 0.1) is 13.8 Å². The van der Waals surface area contributed by atoms with Crippen LogP contribution in [0.1, 0.15) is 24.0 Å². The number of fused-ring (bicyclic) bond motifs is 1.